The van der Waals surface area contributed by atoms with Gasteiger partial charge in [-0.2, -0.15) is 0 Å². The van der Waals surface area contributed by atoms with E-state index in [1.807, 2.05) is 12.2 Å². The number of ether oxygens (including phenoxy) is 1. The topological polar surface area (TPSA) is 63.7 Å². The Morgan fingerprint density at radius 1 is 1.21 bits per heavy atom. The summed E-state index contributed by atoms with van der Waals surface area (Å²) in [5, 5.41) is 0. The van der Waals surface area contributed by atoms with E-state index in [2.05, 4.69) is 15.9 Å². The van der Waals surface area contributed by atoms with Crippen LogP contribution >= 0.6 is 15.9 Å². The van der Waals surface area contributed by atoms with Gasteiger partial charge < -0.3 is 4.74 Å². The number of carbonyl (C=O) groups excluding carboxylic acids is 3. The number of carbonyl (C=O) groups is 3. The molecule has 1 aromatic rings. The van der Waals surface area contributed by atoms with Crippen molar-refractivity contribution >= 4 is 33.7 Å². The fourth-order valence-electron chi connectivity index (χ4n) is 3.00. The van der Waals surface area contributed by atoms with Crippen LogP contribution in [0.1, 0.15) is 18.4 Å². The minimum Gasteiger partial charge on any atom is -0.459 e. The maximum absolute atomic E-state index is 13.7. The summed E-state index contributed by atoms with van der Waals surface area (Å²) in [6.45, 7) is -0.675. The van der Waals surface area contributed by atoms with Crippen LogP contribution < -0.4 is 0 Å². The van der Waals surface area contributed by atoms with E-state index in [1.165, 1.54) is 12.1 Å². The van der Waals surface area contributed by atoms with Crippen LogP contribution in [0.2, 0.25) is 0 Å². The van der Waals surface area contributed by atoms with Gasteiger partial charge in [0.15, 0.2) is 0 Å². The first kappa shape index (κ1) is 16.8. The molecule has 1 aliphatic heterocycles. The molecular formula is C17H15BrFNO4. The summed E-state index contributed by atoms with van der Waals surface area (Å²) in [7, 11) is 0. The van der Waals surface area contributed by atoms with E-state index in [1.54, 1.807) is 6.07 Å². The van der Waals surface area contributed by atoms with Gasteiger partial charge in [0.2, 0.25) is 11.8 Å². The first-order valence-electron chi connectivity index (χ1n) is 7.57. The second kappa shape index (κ2) is 6.84. The number of benzene rings is 1. The van der Waals surface area contributed by atoms with Crippen LogP contribution in [0.4, 0.5) is 4.39 Å². The summed E-state index contributed by atoms with van der Waals surface area (Å²) in [4.78, 5) is 37.4. The van der Waals surface area contributed by atoms with Crippen LogP contribution in [0.25, 0.3) is 0 Å². The lowest BCUT2D eigenvalue weighted by Crippen LogP contribution is -2.36. The Morgan fingerprint density at radius 3 is 2.42 bits per heavy atom. The van der Waals surface area contributed by atoms with Crippen molar-refractivity contribution in [1.82, 2.24) is 4.90 Å². The van der Waals surface area contributed by atoms with Crippen molar-refractivity contribution in [2.24, 2.45) is 11.8 Å². The molecule has 2 atom stereocenters. The first-order chi connectivity index (χ1) is 11.5. The molecule has 126 valence electrons. The maximum Gasteiger partial charge on any atom is 0.326 e. The van der Waals surface area contributed by atoms with Gasteiger partial charge in [0.25, 0.3) is 0 Å². The predicted molar refractivity (Wildman–Crippen MR) is 86.0 cm³/mol. The number of hydrogen-bond acceptors (Lipinski definition) is 4. The predicted octanol–water partition coefficient (Wildman–Crippen LogP) is 2.58. The normalized spacial score (nSPS) is 22.7. The third-order valence-electron chi connectivity index (χ3n) is 4.29. The largest absolute Gasteiger partial charge is 0.459 e. The minimum atomic E-state index is -0.731. The summed E-state index contributed by atoms with van der Waals surface area (Å²) in [6, 6.07) is 4.41. The Bertz CT molecular complexity index is 707. The standard InChI is InChI=1S/C17H15BrFNO4/c18-11-6-5-10(14(19)7-11)9-24-15(21)8-20-16(22)12-3-1-2-4-13(12)17(20)23/h1-2,5-7,12-13H,3-4,8-9H2/t12-,13+. The molecular weight excluding hydrogens is 381 g/mol. The van der Waals surface area contributed by atoms with Crippen molar-refractivity contribution < 1.29 is 23.5 Å². The lowest BCUT2D eigenvalue weighted by atomic mass is 9.85. The molecule has 1 aromatic carbocycles. The molecule has 2 amide bonds. The van der Waals surface area contributed by atoms with E-state index < -0.39 is 18.3 Å². The van der Waals surface area contributed by atoms with Gasteiger partial charge in [0, 0.05) is 10.0 Å². The molecule has 0 unspecified atom stereocenters. The lowest BCUT2D eigenvalue weighted by Gasteiger charge is -2.14. The molecule has 0 spiro atoms. The van der Waals surface area contributed by atoms with Crippen molar-refractivity contribution in [2.45, 2.75) is 19.4 Å². The van der Waals surface area contributed by atoms with Crippen molar-refractivity contribution in [1.29, 1.82) is 0 Å². The Morgan fingerprint density at radius 2 is 1.83 bits per heavy atom. The zero-order valence-corrected chi connectivity index (χ0v) is 14.3. The monoisotopic (exact) mass is 395 g/mol. The Kier molecular flexibility index (Phi) is 4.80. The summed E-state index contributed by atoms with van der Waals surface area (Å²) in [5.74, 6) is -2.64. The Balaban J connectivity index is 1.59. The van der Waals surface area contributed by atoms with Gasteiger partial charge in [-0.15, -0.1) is 0 Å². The van der Waals surface area contributed by atoms with Crippen LogP contribution in [-0.2, 0) is 25.7 Å². The van der Waals surface area contributed by atoms with Crippen LogP contribution in [0.3, 0.4) is 0 Å². The van der Waals surface area contributed by atoms with Gasteiger partial charge in [-0.3, -0.25) is 19.3 Å². The smallest absolute Gasteiger partial charge is 0.326 e. The van der Waals surface area contributed by atoms with Crippen molar-refractivity contribution in [2.75, 3.05) is 6.54 Å². The molecule has 2 aliphatic rings. The molecule has 7 heteroatoms. The third kappa shape index (κ3) is 3.26. The fraction of sp³-hybridized carbons (Fsp3) is 0.353. The van der Waals surface area contributed by atoms with Crippen molar-refractivity contribution in [3.05, 3.63) is 46.2 Å². The number of fused-ring (bicyclic) bond motifs is 1. The molecule has 1 saturated heterocycles. The Labute approximate surface area is 146 Å². The number of hydrogen-bond donors (Lipinski definition) is 0. The highest BCUT2D eigenvalue weighted by Gasteiger charge is 2.47. The molecule has 0 aromatic heterocycles. The highest BCUT2D eigenvalue weighted by atomic mass is 79.9. The third-order valence-corrected chi connectivity index (χ3v) is 4.78. The second-order valence-corrected chi connectivity index (χ2v) is 6.73. The number of imide groups is 1. The van der Waals surface area contributed by atoms with Crippen molar-refractivity contribution in [3.8, 4) is 0 Å². The average Bonchev–Trinajstić information content (AvgIpc) is 2.79. The molecule has 5 nitrogen and oxygen atoms in total. The van der Waals surface area contributed by atoms with E-state index in [9.17, 15) is 18.8 Å². The number of allylic oxidation sites excluding steroid dienone is 2. The molecule has 0 saturated carbocycles. The fourth-order valence-corrected chi connectivity index (χ4v) is 3.33. The average molecular weight is 396 g/mol. The summed E-state index contributed by atoms with van der Waals surface area (Å²) < 4.78 is 19.3. The summed E-state index contributed by atoms with van der Waals surface area (Å²) >= 11 is 3.14. The molecule has 1 heterocycles. The minimum absolute atomic E-state index is 0.225. The molecule has 1 aliphatic carbocycles. The summed E-state index contributed by atoms with van der Waals surface area (Å²) in [6.07, 6.45) is 4.80. The molecule has 0 bridgehead atoms. The van der Waals surface area contributed by atoms with E-state index in [0.717, 1.165) is 4.90 Å². The number of halogens is 2. The number of likely N-dealkylation sites (tertiary alicyclic amines) is 1. The molecule has 24 heavy (non-hydrogen) atoms. The highest BCUT2D eigenvalue weighted by Crippen LogP contribution is 2.34. The van der Waals surface area contributed by atoms with Crippen LogP contribution in [-0.4, -0.2) is 29.2 Å². The SMILES string of the molecule is O=C(CN1C(=O)[C@H]2CC=CC[C@H]2C1=O)OCc1ccc(Br)cc1F. The highest BCUT2D eigenvalue weighted by molar-refractivity contribution is 9.10. The molecule has 1 fully saturated rings. The maximum atomic E-state index is 13.7. The molecule has 0 radical (unpaired) electrons. The van der Waals surface area contributed by atoms with Gasteiger partial charge in [-0.25, -0.2) is 4.39 Å². The van der Waals surface area contributed by atoms with Crippen LogP contribution in [0, 0.1) is 17.7 Å². The van der Waals surface area contributed by atoms with E-state index in [4.69, 9.17) is 4.74 Å². The second-order valence-electron chi connectivity index (χ2n) is 5.81. The lowest BCUT2D eigenvalue weighted by molar-refractivity contribution is -0.153. The number of rotatable bonds is 4. The first-order valence-corrected chi connectivity index (χ1v) is 8.36. The molecule has 3 rings (SSSR count). The molecule has 0 N–H and O–H groups in total. The van der Waals surface area contributed by atoms with E-state index >= 15 is 0 Å². The van der Waals surface area contributed by atoms with Gasteiger partial charge in [-0.05, 0) is 25.0 Å². The number of amides is 2. The van der Waals surface area contributed by atoms with E-state index in [0.29, 0.717) is 17.3 Å². The number of esters is 1. The zero-order valence-electron chi connectivity index (χ0n) is 12.7. The van der Waals surface area contributed by atoms with Gasteiger partial charge in [0.1, 0.15) is 19.0 Å². The summed E-state index contributed by atoms with van der Waals surface area (Å²) in [5.41, 5.74) is 0.225. The van der Waals surface area contributed by atoms with Crippen LogP contribution in [0.5, 0.6) is 0 Å². The van der Waals surface area contributed by atoms with Gasteiger partial charge in [0.05, 0.1) is 11.8 Å². The van der Waals surface area contributed by atoms with E-state index in [-0.39, 0.29) is 35.8 Å². The number of nitrogens with zero attached hydrogens (tertiary/aromatic N) is 1. The van der Waals surface area contributed by atoms with Crippen LogP contribution in [0.15, 0.2) is 34.8 Å². The Hall–Kier alpha value is -2.02. The van der Waals surface area contributed by atoms with Gasteiger partial charge in [-0.1, -0.05) is 34.1 Å². The zero-order chi connectivity index (χ0) is 17.3. The van der Waals surface area contributed by atoms with Crippen molar-refractivity contribution in [3.63, 3.8) is 0 Å². The quantitative estimate of drug-likeness (QED) is 0.446. The van der Waals surface area contributed by atoms with Gasteiger partial charge >= 0.3 is 5.97 Å².